The Labute approximate surface area is 107 Å². The quantitative estimate of drug-likeness (QED) is 0.840. The fourth-order valence-electron chi connectivity index (χ4n) is 1.47. The Morgan fingerprint density at radius 2 is 2.00 bits per heavy atom. The minimum absolute atomic E-state index is 0.289. The first kappa shape index (κ1) is 14.5. The van der Waals surface area contributed by atoms with E-state index in [0.717, 1.165) is 11.3 Å². The molecule has 0 fully saturated rings. The number of nitrogens with one attached hydrogen (secondary N) is 1. The van der Waals surface area contributed by atoms with E-state index in [-0.39, 0.29) is 11.8 Å². The zero-order chi connectivity index (χ0) is 13.9. The lowest BCUT2D eigenvalue weighted by molar-refractivity contribution is -0.155. The van der Waals surface area contributed by atoms with Crippen LogP contribution in [0.3, 0.4) is 0 Å². The zero-order valence-corrected chi connectivity index (χ0v) is 11.5. The molecule has 1 rings (SSSR count). The van der Waals surface area contributed by atoms with Crippen LogP contribution in [0, 0.1) is 12.7 Å². The number of hydrogen-bond acceptors (Lipinski definition) is 3. The van der Waals surface area contributed by atoms with Crippen molar-refractivity contribution >= 4 is 11.7 Å². The zero-order valence-electron chi connectivity index (χ0n) is 11.5. The van der Waals surface area contributed by atoms with Crippen molar-refractivity contribution < 1.29 is 13.9 Å². The van der Waals surface area contributed by atoms with Gasteiger partial charge >= 0.3 is 5.97 Å². The Morgan fingerprint density at radius 1 is 1.39 bits per heavy atom. The maximum absolute atomic E-state index is 12.9. The summed E-state index contributed by atoms with van der Waals surface area (Å²) >= 11 is 0. The van der Waals surface area contributed by atoms with Gasteiger partial charge in [-0.2, -0.15) is 0 Å². The van der Waals surface area contributed by atoms with Crippen LogP contribution in [-0.4, -0.2) is 17.6 Å². The number of benzene rings is 1. The first-order valence-electron chi connectivity index (χ1n) is 5.94. The van der Waals surface area contributed by atoms with Gasteiger partial charge in [0.2, 0.25) is 0 Å². The van der Waals surface area contributed by atoms with Gasteiger partial charge in [0.25, 0.3) is 0 Å². The molecule has 0 saturated carbocycles. The smallest absolute Gasteiger partial charge is 0.328 e. The Balaban J connectivity index is 2.69. The molecular formula is C14H20FNO2. The van der Waals surface area contributed by atoms with E-state index in [1.54, 1.807) is 19.9 Å². The van der Waals surface area contributed by atoms with Gasteiger partial charge in [-0.25, -0.2) is 9.18 Å². The monoisotopic (exact) mass is 253 g/mol. The predicted molar refractivity (Wildman–Crippen MR) is 70.1 cm³/mol. The standard InChI is InChI=1S/C14H20FNO2/c1-9-8-11(15)6-7-12(9)16-10(2)13(17)18-14(3,4)5/h6-8,10,16H,1-5H3. The van der Waals surface area contributed by atoms with Crippen LogP contribution in [0.15, 0.2) is 18.2 Å². The lowest BCUT2D eigenvalue weighted by atomic mass is 10.1. The van der Waals surface area contributed by atoms with Gasteiger partial charge in [-0.15, -0.1) is 0 Å². The first-order valence-corrected chi connectivity index (χ1v) is 5.94. The van der Waals surface area contributed by atoms with Crippen molar-refractivity contribution in [2.24, 2.45) is 0 Å². The average Bonchev–Trinajstić information content (AvgIpc) is 2.19. The third-order valence-electron chi connectivity index (χ3n) is 2.32. The van der Waals surface area contributed by atoms with Crippen molar-refractivity contribution in [3.63, 3.8) is 0 Å². The van der Waals surface area contributed by atoms with Gasteiger partial charge in [0, 0.05) is 5.69 Å². The van der Waals surface area contributed by atoms with Gasteiger partial charge in [0.1, 0.15) is 17.5 Å². The molecule has 100 valence electrons. The second-order valence-electron chi connectivity index (χ2n) is 5.36. The van der Waals surface area contributed by atoms with Crippen molar-refractivity contribution in [2.75, 3.05) is 5.32 Å². The van der Waals surface area contributed by atoms with E-state index in [1.807, 2.05) is 20.8 Å². The van der Waals surface area contributed by atoms with Gasteiger partial charge in [0.05, 0.1) is 0 Å². The predicted octanol–water partition coefficient (Wildman–Crippen LogP) is 3.28. The van der Waals surface area contributed by atoms with E-state index in [1.165, 1.54) is 12.1 Å². The van der Waals surface area contributed by atoms with Gasteiger partial charge < -0.3 is 10.1 Å². The number of ether oxygens (including phenoxy) is 1. The fourth-order valence-corrected chi connectivity index (χ4v) is 1.47. The minimum Gasteiger partial charge on any atom is -0.458 e. The third-order valence-corrected chi connectivity index (χ3v) is 2.32. The molecule has 0 spiro atoms. The van der Waals surface area contributed by atoms with Gasteiger partial charge in [0.15, 0.2) is 0 Å². The maximum Gasteiger partial charge on any atom is 0.328 e. The number of carbonyl (C=O) groups excluding carboxylic acids is 1. The second-order valence-corrected chi connectivity index (χ2v) is 5.36. The SMILES string of the molecule is Cc1cc(F)ccc1NC(C)C(=O)OC(C)(C)C. The summed E-state index contributed by atoms with van der Waals surface area (Å²) in [6.07, 6.45) is 0. The summed E-state index contributed by atoms with van der Waals surface area (Å²) < 4.78 is 18.2. The van der Waals surface area contributed by atoms with Crippen LogP contribution < -0.4 is 5.32 Å². The van der Waals surface area contributed by atoms with E-state index in [0.29, 0.717) is 0 Å². The fraction of sp³-hybridized carbons (Fsp3) is 0.500. The molecule has 0 aliphatic heterocycles. The first-order chi connectivity index (χ1) is 8.19. The largest absolute Gasteiger partial charge is 0.458 e. The highest BCUT2D eigenvalue weighted by molar-refractivity contribution is 5.79. The van der Waals surface area contributed by atoms with Crippen molar-refractivity contribution in [3.05, 3.63) is 29.6 Å². The molecule has 0 saturated heterocycles. The summed E-state index contributed by atoms with van der Waals surface area (Å²) in [6.45, 7) is 8.96. The number of carbonyl (C=O) groups is 1. The summed E-state index contributed by atoms with van der Waals surface area (Å²) in [5, 5.41) is 3.02. The average molecular weight is 253 g/mol. The van der Waals surface area contributed by atoms with Crippen molar-refractivity contribution in [1.29, 1.82) is 0 Å². The molecule has 1 aromatic carbocycles. The van der Waals surface area contributed by atoms with Crippen LogP contribution in [0.1, 0.15) is 33.3 Å². The van der Waals surface area contributed by atoms with Crippen LogP contribution in [-0.2, 0) is 9.53 Å². The molecule has 18 heavy (non-hydrogen) atoms. The molecule has 1 N–H and O–H groups in total. The van der Waals surface area contributed by atoms with Gasteiger partial charge in [-0.1, -0.05) is 0 Å². The Hall–Kier alpha value is -1.58. The highest BCUT2D eigenvalue weighted by Crippen LogP contribution is 2.17. The van der Waals surface area contributed by atoms with Gasteiger partial charge in [-0.05, 0) is 58.4 Å². The summed E-state index contributed by atoms with van der Waals surface area (Å²) in [5.41, 5.74) is 0.977. The molecule has 0 aliphatic carbocycles. The van der Waals surface area contributed by atoms with Crippen LogP contribution in [0.25, 0.3) is 0 Å². The summed E-state index contributed by atoms with van der Waals surface area (Å²) in [5.74, 6) is -0.616. The van der Waals surface area contributed by atoms with Crippen LogP contribution in [0.4, 0.5) is 10.1 Å². The Kier molecular flexibility index (Phi) is 4.33. The van der Waals surface area contributed by atoms with E-state index in [9.17, 15) is 9.18 Å². The van der Waals surface area contributed by atoms with E-state index >= 15 is 0 Å². The molecule has 0 radical (unpaired) electrons. The van der Waals surface area contributed by atoms with E-state index in [4.69, 9.17) is 4.74 Å². The number of aryl methyl sites for hydroxylation is 1. The molecule has 0 heterocycles. The van der Waals surface area contributed by atoms with E-state index < -0.39 is 11.6 Å². The van der Waals surface area contributed by atoms with Crippen LogP contribution in [0.5, 0.6) is 0 Å². The molecule has 0 bridgehead atoms. The van der Waals surface area contributed by atoms with Crippen molar-refractivity contribution in [1.82, 2.24) is 0 Å². The Bertz CT molecular complexity index is 438. The molecule has 4 heteroatoms. The number of halogens is 1. The molecule has 1 aromatic rings. The topological polar surface area (TPSA) is 38.3 Å². The van der Waals surface area contributed by atoms with E-state index in [2.05, 4.69) is 5.32 Å². The Morgan fingerprint density at radius 3 is 2.50 bits per heavy atom. The summed E-state index contributed by atoms with van der Waals surface area (Å²) in [7, 11) is 0. The van der Waals surface area contributed by atoms with Crippen molar-refractivity contribution in [3.8, 4) is 0 Å². The molecule has 1 unspecified atom stereocenters. The molecule has 3 nitrogen and oxygen atoms in total. The highest BCUT2D eigenvalue weighted by Gasteiger charge is 2.21. The normalized spacial score (nSPS) is 13.0. The molecule has 1 atom stereocenters. The lowest BCUT2D eigenvalue weighted by Gasteiger charge is -2.23. The maximum atomic E-state index is 12.9. The number of esters is 1. The third kappa shape index (κ3) is 4.35. The summed E-state index contributed by atoms with van der Waals surface area (Å²) in [4.78, 5) is 11.8. The molecule has 0 aliphatic rings. The minimum atomic E-state index is -0.509. The van der Waals surface area contributed by atoms with Crippen LogP contribution in [0.2, 0.25) is 0 Å². The van der Waals surface area contributed by atoms with Crippen molar-refractivity contribution in [2.45, 2.75) is 46.3 Å². The lowest BCUT2D eigenvalue weighted by Crippen LogP contribution is -2.34. The second kappa shape index (κ2) is 5.38. The number of rotatable bonds is 3. The summed E-state index contributed by atoms with van der Waals surface area (Å²) in [6, 6.07) is 3.92. The molecule has 0 aromatic heterocycles. The molecular weight excluding hydrogens is 233 g/mol. The van der Waals surface area contributed by atoms with Gasteiger partial charge in [-0.3, -0.25) is 0 Å². The van der Waals surface area contributed by atoms with Crippen LogP contribution >= 0.6 is 0 Å². The highest BCUT2D eigenvalue weighted by atomic mass is 19.1. The molecule has 0 amide bonds. The number of hydrogen-bond donors (Lipinski definition) is 1. The number of anilines is 1.